The van der Waals surface area contributed by atoms with Crippen LogP contribution in [-0.2, 0) is 9.53 Å². The van der Waals surface area contributed by atoms with Gasteiger partial charge in [0.1, 0.15) is 0 Å². The lowest BCUT2D eigenvalue weighted by Gasteiger charge is -2.48. The average molecular weight is 419 g/mol. The zero-order valence-corrected chi connectivity index (χ0v) is 17.7. The second-order valence-electron chi connectivity index (χ2n) is 7.71. The van der Waals surface area contributed by atoms with Crippen LogP contribution in [0.15, 0.2) is 30.3 Å². The number of ether oxygens (including phenoxy) is 1. The number of hydrogen-bond acceptors (Lipinski definition) is 4. The molecule has 0 saturated carbocycles. The summed E-state index contributed by atoms with van der Waals surface area (Å²) in [5.74, 6) is -0.0589. The second-order valence-corrected chi connectivity index (χ2v) is 9.17. The summed E-state index contributed by atoms with van der Waals surface area (Å²) < 4.78 is 6.74. The van der Waals surface area contributed by atoms with Crippen LogP contribution in [0.2, 0.25) is 5.02 Å². The smallest absolute Gasteiger partial charge is 0.244 e. The standard InChI is InChI=1S/C22H27ClN2O2S/c23-21-17-6-2-3-7-18(17)28-19(21)8-9-20(26)24-16-22(10-14-27-15-11-22)25-12-4-1-5-13-25/h2-3,6-9H,1,4-5,10-16H2,(H,24,26)/b9-8+. The van der Waals surface area contributed by atoms with Gasteiger partial charge in [-0.05, 0) is 50.9 Å². The number of amides is 1. The van der Waals surface area contributed by atoms with Crippen molar-refractivity contribution in [2.75, 3.05) is 32.8 Å². The Kier molecular flexibility index (Phi) is 6.36. The largest absolute Gasteiger partial charge is 0.381 e. The average Bonchev–Trinajstić information content (AvgIpc) is 3.08. The number of nitrogens with one attached hydrogen (secondary N) is 1. The van der Waals surface area contributed by atoms with E-state index in [9.17, 15) is 4.79 Å². The Morgan fingerprint density at radius 2 is 1.96 bits per heavy atom. The fourth-order valence-electron chi connectivity index (χ4n) is 4.33. The van der Waals surface area contributed by atoms with Gasteiger partial charge < -0.3 is 10.1 Å². The van der Waals surface area contributed by atoms with E-state index in [4.69, 9.17) is 16.3 Å². The molecule has 0 radical (unpaired) electrons. The zero-order valence-electron chi connectivity index (χ0n) is 16.1. The van der Waals surface area contributed by atoms with E-state index >= 15 is 0 Å². The maximum absolute atomic E-state index is 12.5. The zero-order chi connectivity index (χ0) is 19.4. The first-order valence-electron chi connectivity index (χ1n) is 10.1. The lowest BCUT2D eigenvalue weighted by molar-refractivity contribution is -0.118. The molecule has 6 heteroatoms. The third-order valence-electron chi connectivity index (χ3n) is 5.99. The van der Waals surface area contributed by atoms with Gasteiger partial charge in [-0.25, -0.2) is 0 Å². The molecular formula is C22H27ClN2O2S. The molecule has 0 aliphatic carbocycles. The first kappa shape index (κ1) is 19.9. The fraction of sp³-hybridized carbons (Fsp3) is 0.500. The van der Waals surface area contributed by atoms with Gasteiger partial charge in [-0.3, -0.25) is 9.69 Å². The number of thiophene rings is 1. The molecule has 3 heterocycles. The van der Waals surface area contributed by atoms with Crippen molar-refractivity contribution >= 4 is 45.0 Å². The lowest BCUT2D eigenvalue weighted by atomic mass is 9.86. The van der Waals surface area contributed by atoms with Crippen molar-refractivity contribution in [1.29, 1.82) is 0 Å². The molecule has 0 unspecified atom stereocenters. The topological polar surface area (TPSA) is 41.6 Å². The molecule has 4 nitrogen and oxygen atoms in total. The highest BCUT2D eigenvalue weighted by Crippen LogP contribution is 2.36. The van der Waals surface area contributed by atoms with Crippen LogP contribution >= 0.6 is 22.9 Å². The SMILES string of the molecule is O=C(/C=C/c1sc2ccccc2c1Cl)NCC1(N2CCCCC2)CCOCC1. The second kappa shape index (κ2) is 8.95. The van der Waals surface area contributed by atoms with E-state index in [0.717, 1.165) is 59.1 Å². The number of rotatable bonds is 5. The lowest BCUT2D eigenvalue weighted by Crippen LogP contribution is -2.59. The van der Waals surface area contributed by atoms with Crippen molar-refractivity contribution in [2.45, 2.75) is 37.6 Å². The van der Waals surface area contributed by atoms with Crippen molar-refractivity contribution in [3.8, 4) is 0 Å². The van der Waals surface area contributed by atoms with Gasteiger partial charge in [-0.2, -0.15) is 0 Å². The summed E-state index contributed by atoms with van der Waals surface area (Å²) in [5, 5.41) is 4.92. The summed E-state index contributed by atoms with van der Waals surface area (Å²) in [6.07, 6.45) is 9.23. The quantitative estimate of drug-likeness (QED) is 0.714. The van der Waals surface area contributed by atoms with E-state index in [2.05, 4.69) is 16.3 Å². The molecule has 1 aromatic carbocycles. The van der Waals surface area contributed by atoms with Crippen molar-refractivity contribution < 1.29 is 9.53 Å². The minimum Gasteiger partial charge on any atom is -0.381 e. The number of fused-ring (bicyclic) bond motifs is 1. The highest BCUT2D eigenvalue weighted by Gasteiger charge is 2.38. The van der Waals surface area contributed by atoms with E-state index in [1.54, 1.807) is 17.4 Å². The minimum atomic E-state index is -0.0589. The molecule has 1 N–H and O–H groups in total. The van der Waals surface area contributed by atoms with Crippen LogP contribution in [0, 0.1) is 0 Å². The molecule has 0 bridgehead atoms. The Balaban J connectivity index is 1.41. The van der Waals surface area contributed by atoms with Crippen LogP contribution < -0.4 is 5.32 Å². The highest BCUT2D eigenvalue weighted by atomic mass is 35.5. The Hall–Kier alpha value is -1.40. The van der Waals surface area contributed by atoms with Gasteiger partial charge in [-0.15, -0.1) is 11.3 Å². The predicted octanol–water partition coefficient (Wildman–Crippen LogP) is 4.72. The first-order valence-corrected chi connectivity index (χ1v) is 11.3. The molecule has 2 aliphatic heterocycles. The molecule has 150 valence electrons. The van der Waals surface area contributed by atoms with Crippen LogP contribution in [0.3, 0.4) is 0 Å². The van der Waals surface area contributed by atoms with Gasteiger partial charge >= 0.3 is 0 Å². The Morgan fingerprint density at radius 1 is 1.21 bits per heavy atom. The van der Waals surface area contributed by atoms with Crippen molar-refractivity contribution in [3.63, 3.8) is 0 Å². The van der Waals surface area contributed by atoms with E-state index < -0.39 is 0 Å². The van der Waals surface area contributed by atoms with Gasteiger partial charge in [-0.1, -0.05) is 36.2 Å². The number of halogens is 1. The minimum absolute atomic E-state index is 0.0391. The number of carbonyl (C=O) groups excluding carboxylic acids is 1. The highest BCUT2D eigenvalue weighted by molar-refractivity contribution is 7.20. The summed E-state index contributed by atoms with van der Waals surface area (Å²) in [6.45, 7) is 4.49. The van der Waals surface area contributed by atoms with Gasteiger partial charge in [0, 0.05) is 46.3 Å². The maximum atomic E-state index is 12.5. The molecule has 2 saturated heterocycles. The van der Waals surface area contributed by atoms with E-state index in [1.807, 2.05) is 24.3 Å². The van der Waals surface area contributed by atoms with Crippen LogP contribution in [-0.4, -0.2) is 49.2 Å². The van der Waals surface area contributed by atoms with Crippen LogP contribution in [0.25, 0.3) is 16.2 Å². The Bertz CT molecular complexity index is 851. The molecule has 28 heavy (non-hydrogen) atoms. The number of hydrogen-bond donors (Lipinski definition) is 1. The molecule has 2 fully saturated rings. The molecule has 2 aliphatic rings. The summed E-state index contributed by atoms with van der Waals surface area (Å²) in [6, 6.07) is 8.05. The van der Waals surface area contributed by atoms with E-state index in [-0.39, 0.29) is 11.4 Å². The monoisotopic (exact) mass is 418 g/mol. The fourth-order valence-corrected chi connectivity index (χ4v) is 5.73. The molecule has 2 aromatic rings. The molecule has 0 atom stereocenters. The Morgan fingerprint density at radius 3 is 2.71 bits per heavy atom. The molecule has 4 rings (SSSR count). The van der Waals surface area contributed by atoms with Crippen LogP contribution in [0.1, 0.15) is 37.0 Å². The van der Waals surface area contributed by atoms with Gasteiger partial charge in [0.25, 0.3) is 0 Å². The van der Waals surface area contributed by atoms with Crippen molar-refractivity contribution in [3.05, 3.63) is 40.2 Å². The maximum Gasteiger partial charge on any atom is 0.244 e. The van der Waals surface area contributed by atoms with Crippen molar-refractivity contribution in [1.82, 2.24) is 10.2 Å². The molecule has 0 spiro atoms. The van der Waals surface area contributed by atoms with Gasteiger partial charge in [0.15, 0.2) is 0 Å². The molecular weight excluding hydrogens is 392 g/mol. The number of carbonyl (C=O) groups is 1. The summed E-state index contributed by atoms with van der Waals surface area (Å²) in [4.78, 5) is 16.0. The van der Waals surface area contributed by atoms with Gasteiger partial charge in [0.05, 0.1) is 5.02 Å². The summed E-state index contributed by atoms with van der Waals surface area (Å²) in [7, 11) is 0. The number of piperidine rings is 1. The predicted molar refractivity (Wildman–Crippen MR) is 117 cm³/mol. The van der Waals surface area contributed by atoms with E-state index in [0.29, 0.717) is 6.54 Å². The molecule has 1 amide bonds. The summed E-state index contributed by atoms with van der Waals surface area (Å²) in [5.41, 5.74) is 0.0391. The number of nitrogens with zero attached hydrogens (tertiary/aromatic N) is 1. The van der Waals surface area contributed by atoms with Crippen LogP contribution in [0.4, 0.5) is 0 Å². The number of likely N-dealkylation sites (tertiary alicyclic amines) is 1. The third-order valence-corrected chi connectivity index (χ3v) is 7.64. The van der Waals surface area contributed by atoms with Crippen molar-refractivity contribution in [2.24, 2.45) is 0 Å². The number of benzene rings is 1. The van der Waals surface area contributed by atoms with Gasteiger partial charge in [0.2, 0.25) is 5.91 Å². The third kappa shape index (κ3) is 4.28. The summed E-state index contributed by atoms with van der Waals surface area (Å²) >= 11 is 8.08. The van der Waals surface area contributed by atoms with Crippen LogP contribution in [0.5, 0.6) is 0 Å². The Labute approximate surface area is 175 Å². The molecule has 1 aromatic heterocycles. The first-order chi connectivity index (χ1) is 13.7. The van der Waals surface area contributed by atoms with E-state index in [1.165, 1.54) is 19.3 Å². The normalized spacial score (nSPS) is 20.6.